The van der Waals surface area contributed by atoms with Crippen molar-refractivity contribution in [3.63, 3.8) is 0 Å². The summed E-state index contributed by atoms with van der Waals surface area (Å²) in [6, 6.07) is 3.15. The summed E-state index contributed by atoms with van der Waals surface area (Å²) in [6.45, 7) is 2.34. The molecular weight excluding hydrogens is 268 g/mol. The van der Waals surface area contributed by atoms with E-state index in [9.17, 15) is 8.42 Å². The Bertz CT molecular complexity index is 476. The normalized spacial score (nSPS) is 11.5. The van der Waals surface area contributed by atoms with Crippen LogP contribution < -0.4 is 5.32 Å². The molecule has 108 valence electrons. The molecule has 0 fully saturated rings. The Hall–Kier alpha value is -1.18. The lowest BCUT2D eigenvalue weighted by Gasteiger charge is -2.09. The van der Waals surface area contributed by atoms with Gasteiger partial charge in [0.25, 0.3) is 0 Å². The Morgan fingerprint density at radius 2 is 2.11 bits per heavy atom. The molecule has 0 aromatic carbocycles. The molecule has 0 amide bonds. The maximum atomic E-state index is 11.5. The number of sulfone groups is 1. The second-order valence-corrected chi connectivity index (χ2v) is 5.99. The van der Waals surface area contributed by atoms with Crippen LogP contribution in [-0.4, -0.2) is 53.1 Å². The van der Waals surface area contributed by atoms with Crippen molar-refractivity contribution in [2.45, 2.75) is 11.3 Å². The smallest absolute Gasteiger partial charge is 0.179 e. The van der Waals surface area contributed by atoms with Crippen LogP contribution in [0.3, 0.4) is 0 Å². The Balaban J connectivity index is 2.38. The fraction of sp³-hybridized carbons (Fsp3) is 0.583. The minimum absolute atomic E-state index is 0.218. The zero-order valence-corrected chi connectivity index (χ0v) is 12.1. The van der Waals surface area contributed by atoms with Gasteiger partial charge in [-0.15, -0.1) is 0 Å². The molecule has 1 aromatic heterocycles. The average molecular weight is 288 g/mol. The van der Waals surface area contributed by atoms with Crippen molar-refractivity contribution in [3.8, 4) is 0 Å². The van der Waals surface area contributed by atoms with Crippen LogP contribution in [0.1, 0.15) is 6.42 Å². The van der Waals surface area contributed by atoms with Crippen molar-refractivity contribution < 1.29 is 17.9 Å². The highest BCUT2D eigenvalue weighted by atomic mass is 32.2. The standard InChI is InChI=1S/C12H20N2O4S/c1-17-9-10-18-8-4-7-14-12-11(19(2,15)16)5-3-6-13-12/h3,5-6H,4,7-10H2,1-2H3,(H,13,14). The van der Waals surface area contributed by atoms with Gasteiger partial charge in [0, 0.05) is 32.7 Å². The number of nitrogens with one attached hydrogen (secondary N) is 1. The number of nitrogens with zero attached hydrogens (tertiary/aromatic N) is 1. The van der Waals surface area contributed by atoms with Gasteiger partial charge in [-0.05, 0) is 18.6 Å². The van der Waals surface area contributed by atoms with Crippen LogP contribution in [0.2, 0.25) is 0 Å². The SMILES string of the molecule is COCCOCCCNc1ncccc1S(C)(=O)=O. The predicted octanol–water partition coefficient (Wildman–Crippen LogP) is 0.950. The third kappa shape index (κ3) is 6.00. The van der Waals surface area contributed by atoms with Gasteiger partial charge >= 0.3 is 0 Å². The van der Waals surface area contributed by atoms with Crippen LogP contribution in [-0.2, 0) is 19.3 Å². The van der Waals surface area contributed by atoms with E-state index in [-0.39, 0.29) is 4.90 Å². The van der Waals surface area contributed by atoms with Gasteiger partial charge in [0.15, 0.2) is 9.84 Å². The maximum Gasteiger partial charge on any atom is 0.179 e. The van der Waals surface area contributed by atoms with Crippen LogP contribution in [0.5, 0.6) is 0 Å². The van der Waals surface area contributed by atoms with Gasteiger partial charge in [0.05, 0.1) is 13.2 Å². The molecule has 0 unspecified atom stereocenters. The number of pyridine rings is 1. The van der Waals surface area contributed by atoms with Gasteiger partial charge in [-0.1, -0.05) is 0 Å². The molecule has 6 nitrogen and oxygen atoms in total. The van der Waals surface area contributed by atoms with E-state index < -0.39 is 9.84 Å². The maximum absolute atomic E-state index is 11.5. The van der Waals surface area contributed by atoms with Crippen LogP contribution >= 0.6 is 0 Å². The fourth-order valence-corrected chi connectivity index (χ4v) is 2.25. The first-order valence-electron chi connectivity index (χ1n) is 6.01. The van der Waals surface area contributed by atoms with Crippen LogP contribution in [0.4, 0.5) is 5.82 Å². The van der Waals surface area contributed by atoms with Crippen molar-refractivity contribution in [2.24, 2.45) is 0 Å². The molecule has 7 heteroatoms. The van der Waals surface area contributed by atoms with Crippen molar-refractivity contribution in [1.29, 1.82) is 0 Å². The van der Waals surface area contributed by atoms with E-state index in [1.165, 1.54) is 6.26 Å². The molecule has 1 heterocycles. The van der Waals surface area contributed by atoms with E-state index in [0.29, 0.717) is 32.2 Å². The first-order chi connectivity index (χ1) is 9.05. The summed E-state index contributed by atoms with van der Waals surface area (Å²) >= 11 is 0. The molecule has 1 rings (SSSR count). The van der Waals surface area contributed by atoms with Gasteiger partial charge in [-0.3, -0.25) is 0 Å². The number of hydrogen-bond acceptors (Lipinski definition) is 6. The summed E-state index contributed by atoms with van der Waals surface area (Å²) in [7, 11) is -1.64. The molecule has 0 aliphatic rings. The molecule has 0 atom stereocenters. The predicted molar refractivity (Wildman–Crippen MR) is 73.1 cm³/mol. The summed E-state index contributed by atoms with van der Waals surface area (Å²) < 4.78 is 33.2. The van der Waals surface area contributed by atoms with Crippen molar-refractivity contribution in [2.75, 3.05) is 45.0 Å². The summed E-state index contributed by atoms with van der Waals surface area (Å²) in [5.74, 6) is 0.391. The number of ether oxygens (including phenoxy) is 2. The lowest BCUT2D eigenvalue weighted by Crippen LogP contribution is -2.11. The van der Waals surface area contributed by atoms with Gasteiger partial charge in [-0.2, -0.15) is 0 Å². The molecule has 1 N–H and O–H groups in total. The highest BCUT2D eigenvalue weighted by Gasteiger charge is 2.13. The molecule has 0 saturated heterocycles. The zero-order chi connectivity index (χ0) is 14.1. The Morgan fingerprint density at radius 3 is 2.79 bits per heavy atom. The average Bonchev–Trinajstić information content (AvgIpc) is 2.37. The molecule has 1 aromatic rings. The Kier molecular flexibility index (Phi) is 6.75. The van der Waals surface area contributed by atoms with Crippen molar-refractivity contribution in [1.82, 2.24) is 4.98 Å². The van der Waals surface area contributed by atoms with E-state index in [0.717, 1.165) is 6.42 Å². The quantitative estimate of drug-likeness (QED) is 0.682. The van der Waals surface area contributed by atoms with Gasteiger partial charge in [-0.25, -0.2) is 13.4 Å². The topological polar surface area (TPSA) is 77.5 Å². The van der Waals surface area contributed by atoms with E-state index in [1.54, 1.807) is 25.4 Å². The second kappa shape index (κ2) is 8.08. The van der Waals surface area contributed by atoms with E-state index >= 15 is 0 Å². The minimum atomic E-state index is -3.26. The van der Waals surface area contributed by atoms with Gasteiger partial charge < -0.3 is 14.8 Å². The molecule has 19 heavy (non-hydrogen) atoms. The lowest BCUT2D eigenvalue weighted by molar-refractivity contribution is 0.0705. The monoisotopic (exact) mass is 288 g/mol. The number of rotatable bonds is 9. The summed E-state index contributed by atoms with van der Waals surface area (Å²) in [4.78, 5) is 4.26. The molecule has 0 aliphatic carbocycles. The summed E-state index contributed by atoms with van der Waals surface area (Å²) in [5, 5.41) is 3.01. The first-order valence-corrected chi connectivity index (χ1v) is 7.90. The second-order valence-electron chi connectivity index (χ2n) is 4.01. The third-order valence-corrected chi connectivity index (χ3v) is 3.49. The van der Waals surface area contributed by atoms with Crippen LogP contribution in [0, 0.1) is 0 Å². The highest BCUT2D eigenvalue weighted by molar-refractivity contribution is 7.90. The zero-order valence-electron chi connectivity index (χ0n) is 11.3. The minimum Gasteiger partial charge on any atom is -0.382 e. The van der Waals surface area contributed by atoms with E-state index in [2.05, 4.69) is 10.3 Å². The molecule has 0 radical (unpaired) electrons. The van der Waals surface area contributed by atoms with Gasteiger partial charge in [0.1, 0.15) is 10.7 Å². The van der Waals surface area contributed by atoms with Crippen LogP contribution in [0.15, 0.2) is 23.2 Å². The fourth-order valence-electron chi connectivity index (χ4n) is 1.45. The highest BCUT2D eigenvalue weighted by Crippen LogP contribution is 2.17. The summed E-state index contributed by atoms with van der Waals surface area (Å²) in [5.41, 5.74) is 0. The number of methoxy groups -OCH3 is 1. The third-order valence-electron chi connectivity index (χ3n) is 2.36. The number of anilines is 1. The number of hydrogen-bond donors (Lipinski definition) is 1. The summed E-state index contributed by atoms with van der Waals surface area (Å²) in [6.07, 6.45) is 3.50. The van der Waals surface area contributed by atoms with Crippen LogP contribution in [0.25, 0.3) is 0 Å². The van der Waals surface area contributed by atoms with Crippen molar-refractivity contribution >= 4 is 15.7 Å². The molecule has 0 bridgehead atoms. The lowest BCUT2D eigenvalue weighted by atomic mass is 10.4. The Morgan fingerprint density at radius 1 is 1.32 bits per heavy atom. The Labute approximate surface area is 114 Å². The van der Waals surface area contributed by atoms with E-state index in [1.807, 2.05) is 0 Å². The largest absolute Gasteiger partial charge is 0.382 e. The van der Waals surface area contributed by atoms with Gasteiger partial charge in [0.2, 0.25) is 0 Å². The molecule has 0 spiro atoms. The molecule has 0 aliphatic heterocycles. The van der Waals surface area contributed by atoms with Crippen molar-refractivity contribution in [3.05, 3.63) is 18.3 Å². The molecule has 0 saturated carbocycles. The first kappa shape index (κ1) is 15.9. The number of aromatic nitrogens is 1. The molecular formula is C12H20N2O4S. The van der Waals surface area contributed by atoms with E-state index in [4.69, 9.17) is 9.47 Å².